The van der Waals surface area contributed by atoms with Crippen molar-refractivity contribution in [3.05, 3.63) is 0 Å². The third kappa shape index (κ3) is 1.79. The topological polar surface area (TPSA) is 89.7 Å². The average Bonchev–Trinajstić information content (AvgIpc) is 2.62. The first kappa shape index (κ1) is 8.08. The summed E-state index contributed by atoms with van der Waals surface area (Å²) in [6, 6.07) is 0. The molecule has 0 unspecified atom stereocenters. The van der Waals surface area contributed by atoms with E-state index in [1.54, 1.807) is 22.7 Å². The Morgan fingerprint density at radius 1 is 1.00 bits per heavy atom. The van der Waals surface area contributed by atoms with Crippen molar-refractivity contribution in [3.8, 4) is 0 Å². The fourth-order valence-electron chi connectivity index (χ4n) is 1.15. The maximum atomic E-state index is 5.48. The first-order chi connectivity index (χ1) is 6.24. The van der Waals surface area contributed by atoms with Crippen molar-refractivity contribution in [1.29, 1.82) is 0 Å². The molecular weight excluding hydrogens is 172 g/mol. The number of hydrazine groups is 2. The summed E-state index contributed by atoms with van der Waals surface area (Å²) in [5.74, 6) is 11.0. The van der Waals surface area contributed by atoms with Crippen LogP contribution in [0.2, 0.25) is 0 Å². The fraction of sp³-hybridized carbons (Fsp3) is 0.600. The lowest BCUT2D eigenvalue weighted by Gasteiger charge is -2.21. The predicted molar refractivity (Wildman–Crippen MR) is 47.3 cm³/mol. The van der Waals surface area contributed by atoms with Crippen LogP contribution < -0.4 is 11.7 Å². The van der Waals surface area contributed by atoms with E-state index >= 15 is 0 Å². The van der Waals surface area contributed by atoms with E-state index in [2.05, 4.69) is 10.2 Å². The van der Waals surface area contributed by atoms with Gasteiger partial charge in [-0.25, -0.2) is 11.7 Å². The highest BCUT2D eigenvalue weighted by atomic mass is 15.7. The van der Waals surface area contributed by atoms with Gasteiger partial charge in [-0.3, -0.25) is 20.0 Å². The zero-order valence-corrected chi connectivity index (χ0v) is 7.11. The number of nitrogens with zero attached hydrogens (tertiary/aromatic N) is 6. The second-order valence-electron chi connectivity index (χ2n) is 2.93. The van der Waals surface area contributed by atoms with Crippen LogP contribution in [0.25, 0.3) is 0 Å². The van der Waals surface area contributed by atoms with E-state index in [1.165, 1.54) is 10.0 Å². The number of hydrogen-bond acceptors (Lipinski definition) is 8. The van der Waals surface area contributed by atoms with Crippen molar-refractivity contribution in [2.45, 2.75) is 0 Å². The lowest BCUT2D eigenvalue weighted by molar-refractivity contribution is 0.109. The Morgan fingerprint density at radius 2 is 1.46 bits per heavy atom. The maximum absolute atomic E-state index is 5.48. The van der Waals surface area contributed by atoms with Crippen molar-refractivity contribution < 1.29 is 0 Å². The molecule has 0 atom stereocenters. The Morgan fingerprint density at radius 3 is 1.77 bits per heavy atom. The minimum Gasteiger partial charge on any atom is -0.278 e. The predicted octanol–water partition coefficient (Wildman–Crippen LogP) is -2.27. The van der Waals surface area contributed by atoms with Crippen molar-refractivity contribution in [1.82, 2.24) is 20.0 Å². The molecule has 0 amide bonds. The molecule has 0 aromatic carbocycles. The highest BCUT2D eigenvalue weighted by Gasteiger charge is 2.16. The SMILES string of the molecule is NN1C=NN(CN2CN(N)C=N2)C1. The van der Waals surface area contributed by atoms with Crippen LogP contribution in [0.3, 0.4) is 0 Å². The van der Waals surface area contributed by atoms with Gasteiger partial charge in [0.1, 0.15) is 32.7 Å². The third-order valence-corrected chi connectivity index (χ3v) is 1.71. The van der Waals surface area contributed by atoms with Crippen LogP contribution in [0.5, 0.6) is 0 Å². The van der Waals surface area contributed by atoms with Gasteiger partial charge >= 0.3 is 0 Å². The molecule has 0 bridgehead atoms. The van der Waals surface area contributed by atoms with Gasteiger partial charge in [0, 0.05) is 0 Å². The molecule has 2 aliphatic heterocycles. The molecule has 0 saturated heterocycles. The van der Waals surface area contributed by atoms with Crippen LogP contribution in [-0.2, 0) is 0 Å². The summed E-state index contributed by atoms with van der Waals surface area (Å²) in [4.78, 5) is 0. The second-order valence-corrected chi connectivity index (χ2v) is 2.93. The zero-order valence-electron chi connectivity index (χ0n) is 7.11. The average molecular weight is 184 g/mol. The minimum atomic E-state index is 0.580. The lowest BCUT2D eigenvalue weighted by Crippen LogP contribution is -2.39. The van der Waals surface area contributed by atoms with Gasteiger partial charge in [0.05, 0.1) is 0 Å². The Balaban J connectivity index is 1.80. The van der Waals surface area contributed by atoms with Gasteiger partial charge in [-0.2, -0.15) is 10.2 Å². The number of rotatable bonds is 2. The molecule has 0 radical (unpaired) electrons. The molecule has 13 heavy (non-hydrogen) atoms. The van der Waals surface area contributed by atoms with E-state index < -0.39 is 0 Å². The fourth-order valence-corrected chi connectivity index (χ4v) is 1.15. The van der Waals surface area contributed by atoms with Crippen LogP contribution in [0.4, 0.5) is 0 Å². The molecule has 2 rings (SSSR count). The molecule has 0 saturated carbocycles. The molecule has 0 aromatic rings. The minimum absolute atomic E-state index is 0.580. The van der Waals surface area contributed by atoms with E-state index in [0.717, 1.165) is 0 Å². The zero-order chi connectivity index (χ0) is 9.26. The summed E-state index contributed by atoms with van der Waals surface area (Å²) >= 11 is 0. The van der Waals surface area contributed by atoms with Gasteiger partial charge in [-0.1, -0.05) is 0 Å². The molecule has 2 aliphatic rings. The molecule has 8 nitrogen and oxygen atoms in total. The Labute approximate surface area is 75.6 Å². The van der Waals surface area contributed by atoms with E-state index in [4.69, 9.17) is 11.7 Å². The van der Waals surface area contributed by atoms with E-state index in [0.29, 0.717) is 20.0 Å². The van der Waals surface area contributed by atoms with E-state index in [9.17, 15) is 0 Å². The van der Waals surface area contributed by atoms with Gasteiger partial charge in [-0.05, 0) is 0 Å². The first-order valence-corrected chi connectivity index (χ1v) is 3.85. The van der Waals surface area contributed by atoms with Crippen molar-refractivity contribution in [3.63, 3.8) is 0 Å². The highest BCUT2D eigenvalue weighted by Crippen LogP contribution is 2.03. The molecular formula is C5H12N8. The normalized spacial score (nSPS) is 21.1. The summed E-state index contributed by atoms with van der Waals surface area (Å²) in [6.45, 7) is 1.75. The molecule has 0 spiro atoms. The monoisotopic (exact) mass is 184 g/mol. The molecule has 0 aromatic heterocycles. The van der Waals surface area contributed by atoms with Crippen LogP contribution >= 0.6 is 0 Å². The summed E-state index contributed by atoms with van der Waals surface area (Å²) in [5, 5.41) is 14.7. The van der Waals surface area contributed by atoms with Crippen LogP contribution in [0.1, 0.15) is 0 Å². The van der Waals surface area contributed by atoms with E-state index in [-0.39, 0.29) is 0 Å². The third-order valence-electron chi connectivity index (χ3n) is 1.71. The second kappa shape index (κ2) is 3.07. The Bertz CT molecular complexity index is 213. The number of hydrazone groups is 2. The number of hydrogen-bond donors (Lipinski definition) is 2. The highest BCUT2D eigenvalue weighted by molar-refractivity contribution is 5.55. The smallest absolute Gasteiger partial charge is 0.127 e. The molecule has 72 valence electrons. The quantitative estimate of drug-likeness (QED) is 0.470. The van der Waals surface area contributed by atoms with Gasteiger partial charge in [0.15, 0.2) is 0 Å². The molecule has 2 heterocycles. The number of nitrogens with two attached hydrogens (primary N) is 2. The molecule has 8 heteroatoms. The van der Waals surface area contributed by atoms with Gasteiger partial charge in [0.2, 0.25) is 0 Å². The largest absolute Gasteiger partial charge is 0.278 e. The van der Waals surface area contributed by atoms with Crippen LogP contribution in [-0.4, -0.2) is 52.7 Å². The van der Waals surface area contributed by atoms with Crippen molar-refractivity contribution in [2.24, 2.45) is 21.9 Å². The van der Waals surface area contributed by atoms with Crippen LogP contribution in [0.15, 0.2) is 10.2 Å². The summed E-state index contributed by atoms with van der Waals surface area (Å²) in [5.41, 5.74) is 0. The standard InChI is InChI=1S/C5H12N8/c6-10-1-8-12(3-10)5-13-4-11(7)2-9-13/h1-2H,3-7H2. The lowest BCUT2D eigenvalue weighted by atomic mass is 10.8. The summed E-state index contributed by atoms with van der Waals surface area (Å²) in [7, 11) is 0. The van der Waals surface area contributed by atoms with Gasteiger partial charge in [-0.15, -0.1) is 0 Å². The summed E-state index contributed by atoms with van der Waals surface area (Å²) < 4.78 is 0. The van der Waals surface area contributed by atoms with Gasteiger partial charge < -0.3 is 0 Å². The first-order valence-electron chi connectivity index (χ1n) is 3.85. The van der Waals surface area contributed by atoms with Crippen molar-refractivity contribution in [2.75, 3.05) is 20.0 Å². The van der Waals surface area contributed by atoms with Crippen LogP contribution in [0, 0.1) is 0 Å². The Kier molecular flexibility index (Phi) is 1.91. The van der Waals surface area contributed by atoms with E-state index in [1.807, 2.05) is 0 Å². The molecule has 0 aliphatic carbocycles. The molecule has 0 fully saturated rings. The molecule has 4 N–H and O–H groups in total. The summed E-state index contributed by atoms with van der Waals surface area (Å²) in [6.07, 6.45) is 3.14. The maximum Gasteiger partial charge on any atom is 0.127 e. The Hall–Kier alpha value is -1.54. The van der Waals surface area contributed by atoms with Gasteiger partial charge in [0.25, 0.3) is 0 Å². The van der Waals surface area contributed by atoms with Crippen molar-refractivity contribution >= 4 is 12.7 Å².